The van der Waals surface area contributed by atoms with Crippen molar-refractivity contribution in [1.29, 1.82) is 0 Å². The number of benzene rings is 2. The van der Waals surface area contributed by atoms with Crippen LogP contribution in [-0.4, -0.2) is 13.1 Å². The van der Waals surface area contributed by atoms with Gasteiger partial charge < -0.3 is 35.4 Å². The molecule has 0 fully saturated rings. The third kappa shape index (κ3) is 7.51. The van der Waals surface area contributed by atoms with Crippen molar-refractivity contribution < 1.29 is 35.4 Å². The van der Waals surface area contributed by atoms with Crippen LogP contribution in [0.15, 0.2) is 60.7 Å². The second kappa shape index (κ2) is 11.7. The molecular formula is C16H22Cl2N2. The van der Waals surface area contributed by atoms with E-state index in [0.717, 1.165) is 13.1 Å². The monoisotopic (exact) mass is 312 g/mol. The number of halogens is 2. The molecule has 4 N–H and O–H groups in total. The molecule has 0 atom stereocenters. The van der Waals surface area contributed by atoms with Crippen LogP contribution in [0.25, 0.3) is 0 Å². The summed E-state index contributed by atoms with van der Waals surface area (Å²) in [5.41, 5.74) is 2.81. The first-order chi connectivity index (χ1) is 8.95. The van der Waals surface area contributed by atoms with Crippen molar-refractivity contribution in [2.24, 2.45) is 0 Å². The molecule has 0 heterocycles. The van der Waals surface area contributed by atoms with Crippen LogP contribution in [0.1, 0.15) is 11.1 Å². The van der Waals surface area contributed by atoms with Gasteiger partial charge in [-0.2, -0.15) is 0 Å². The van der Waals surface area contributed by atoms with E-state index in [4.69, 9.17) is 0 Å². The summed E-state index contributed by atoms with van der Waals surface area (Å²) < 4.78 is 0. The average Bonchev–Trinajstić information content (AvgIpc) is 2.45. The van der Waals surface area contributed by atoms with Crippen LogP contribution in [0.5, 0.6) is 0 Å². The van der Waals surface area contributed by atoms with E-state index in [9.17, 15) is 0 Å². The lowest BCUT2D eigenvalue weighted by molar-refractivity contribution is -0.738. The zero-order chi connectivity index (χ0) is 12.5. The molecule has 0 aliphatic heterocycles. The second-order valence-electron chi connectivity index (χ2n) is 4.53. The van der Waals surface area contributed by atoms with Crippen LogP contribution in [0, 0.1) is 0 Å². The second-order valence-corrected chi connectivity index (χ2v) is 4.53. The van der Waals surface area contributed by atoms with E-state index in [1.807, 2.05) is 0 Å². The number of rotatable bonds is 7. The highest BCUT2D eigenvalue weighted by Crippen LogP contribution is 1.94. The highest BCUT2D eigenvalue weighted by atomic mass is 35.5. The predicted octanol–water partition coefficient (Wildman–Crippen LogP) is -5.48. The van der Waals surface area contributed by atoms with Crippen molar-refractivity contribution in [2.75, 3.05) is 13.1 Å². The van der Waals surface area contributed by atoms with Crippen LogP contribution in [0.3, 0.4) is 0 Å². The Balaban J connectivity index is 0.00000180. The van der Waals surface area contributed by atoms with Gasteiger partial charge in [-0.1, -0.05) is 60.7 Å². The first-order valence-electron chi connectivity index (χ1n) is 6.66. The Morgan fingerprint density at radius 1 is 0.550 bits per heavy atom. The smallest absolute Gasteiger partial charge is 0.125 e. The standard InChI is InChI=1S/C16H20N2.2ClH/c1-3-7-15(8-4-1)13-17-11-12-18-14-16-9-5-2-6-10-16;;/h1-10,17-18H,11-14H2;2*1H. The van der Waals surface area contributed by atoms with E-state index < -0.39 is 0 Å². The van der Waals surface area contributed by atoms with Gasteiger partial charge in [0, 0.05) is 11.1 Å². The first-order valence-corrected chi connectivity index (χ1v) is 6.66. The highest BCUT2D eigenvalue weighted by molar-refractivity contribution is 5.13. The van der Waals surface area contributed by atoms with E-state index in [2.05, 4.69) is 71.3 Å². The Morgan fingerprint density at radius 3 is 1.25 bits per heavy atom. The third-order valence-electron chi connectivity index (χ3n) is 3.02. The maximum Gasteiger partial charge on any atom is 0.125 e. The molecule has 0 unspecified atom stereocenters. The van der Waals surface area contributed by atoms with Gasteiger partial charge in [0.25, 0.3) is 0 Å². The number of quaternary nitrogens is 2. The summed E-state index contributed by atoms with van der Waals surface area (Å²) in [6.07, 6.45) is 0. The lowest BCUT2D eigenvalue weighted by atomic mass is 10.2. The summed E-state index contributed by atoms with van der Waals surface area (Å²) in [5, 5.41) is 4.74. The van der Waals surface area contributed by atoms with E-state index in [0.29, 0.717) is 0 Å². The molecule has 2 aromatic carbocycles. The van der Waals surface area contributed by atoms with Crippen LogP contribution in [0.2, 0.25) is 0 Å². The van der Waals surface area contributed by atoms with E-state index in [1.54, 1.807) is 0 Å². The fourth-order valence-electron chi connectivity index (χ4n) is 2.00. The molecule has 0 amide bonds. The molecule has 2 nitrogen and oxygen atoms in total. The lowest BCUT2D eigenvalue weighted by Gasteiger charge is -2.02. The van der Waals surface area contributed by atoms with Crippen LogP contribution in [-0.2, 0) is 13.1 Å². The molecule has 20 heavy (non-hydrogen) atoms. The fraction of sp³-hybridized carbons (Fsp3) is 0.250. The van der Waals surface area contributed by atoms with Crippen LogP contribution < -0.4 is 35.4 Å². The van der Waals surface area contributed by atoms with Crippen molar-refractivity contribution in [2.45, 2.75) is 13.1 Å². The summed E-state index contributed by atoms with van der Waals surface area (Å²) in [6.45, 7) is 4.50. The first kappa shape index (κ1) is 18.9. The molecule has 0 saturated heterocycles. The molecule has 0 spiro atoms. The summed E-state index contributed by atoms with van der Waals surface area (Å²) in [5.74, 6) is 0. The van der Waals surface area contributed by atoms with Gasteiger partial charge in [0.15, 0.2) is 0 Å². The molecule has 0 radical (unpaired) electrons. The van der Waals surface area contributed by atoms with E-state index >= 15 is 0 Å². The zero-order valence-corrected chi connectivity index (χ0v) is 13.0. The molecule has 0 aliphatic carbocycles. The largest absolute Gasteiger partial charge is 1.00 e. The van der Waals surface area contributed by atoms with Gasteiger partial charge >= 0.3 is 0 Å². The normalized spacial score (nSPS) is 9.40. The minimum Gasteiger partial charge on any atom is -1.00 e. The molecule has 110 valence electrons. The summed E-state index contributed by atoms with van der Waals surface area (Å²) >= 11 is 0. The van der Waals surface area contributed by atoms with Crippen molar-refractivity contribution in [3.63, 3.8) is 0 Å². The number of nitrogens with two attached hydrogens (primary N) is 2. The van der Waals surface area contributed by atoms with Gasteiger partial charge in [0.05, 0.1) is 0 Å². The fourth-order valence-corrected chi connectivity index (χ4v) is 2.00. The Morgan fingerprint density at radius 2 is 0.900 bits per heavy atom. The van der Waals surface area contributed by atoms with Gasteiger partial charge in [0.2, 0.25) is 0 Å². The van der Waals surface area contributed by atoms with Crippen molar-refractivity contribution in [3.8, 4) is 0 Å². The summed E-state index contributed by atoms with van der Waals surface area (Å²) in [7, 11) is 0. The summed E-state index contributed by atoms with van der Waals surface area (Å²) in [4.78, 5) is 0. The Labute approximate surface area is 133 Å². The molecule has 0 aromatic heterocycles. The van der Waals surface area contributed by atoms with Gasteiger partial charge in [-0.15, -0.1) is 0 Å². The van der Waals surface area contributed by atoms with Crippen LogP contribution in [0.4, 0.5) is 0 Å². The van der Waals surface area contributed by atoms with Crippen molar-refractivity contribution in [1.82, 2.24) is 0 Å². The molecule has 0 saturated carbocycles. The van der Waals surface area contributed by atoms with Gasteiger partial charge in [0.1, 0.15) is 26.2 Å². The third-order valence-corrected chi connectivity index (χ3v) is 3.02. The molecule has 4 heteroatoms. The maximum atomic E-state index is 2.37. The maximum absolute atomic E-state index is 2.37. The molecular weight excluding hydrogens is 291 g/mol. The van der Waals surface area contributed by atoms with E-state index in [1.165, 1.54) is 24.2 Å². The van der Waals surface area contributed by atoms with E-state index in [-0.39, 0.29) is 24.8 Å². The average molecular weight is 313 g/mol. The van der Waals surface area contributed by atoms with Crippen LogP contribution >= 0.6 is 0 Å². The van der Waals surface area contributed by atoms with Crippen molar-refractivity contribution in [3.05, 3.63) is 71.8 Å². The minimum atomic E-state index is 0. The highest BCUT2D eigenvalue weighted by Gasteiger charge is 1.97. The lowest BCUT2D eigenvalue weighted by Crippen LogP contribution is -3.00. The topological polar surface area (TPSA) is 33.2 Å². The predicted molar refractivity (Wildman–Crippen MR) is 73.9 cm³/mol. The van der Waals surface area contributed by atoms with Gasteiger partial charge in [-0.05, 0) is 0 Å². The van der Waals surface area contributed by atoms with Gasteiger partial charge in [-0.25, -0.2) is 0 Å². The quantitative estimate of drug-likeness (QED) is 0.479. The Hall–Kier alpha value is -1.06. The molecule has 2 aromatic rings. The zero-order valence-electron chi connectivity index (χ0n) is 11.5. The molecule has 0 aliphatic rings. The SMILES string of the molecule is [Cl-].[Cl-].c1ccc(C[NH2+]CC[NH2+]Cc2ccccc2)cc1. The number of hydrogen-bond acceptors (Lipinski definition) is 0. The Bertz CT molecular complexity index is 391. The molecule has 2 rings (SSSR count). The van der Waals surface area contributed by atoms with Gasteiger partial charge in [-0.3, -0.25) is 0 Å². The number of hydrogen-bond donors (Lipinski definition) is 2. The summed E-state index contributed by atoms with van der Waals surface area (Å²) in [6, 6.07) is 21.3. The minimum absolute atomic E-state index is 0. The molecule has 0 bridgehead atoms. The van der Waals surface area contributed by atoms with Crippen molar-refractivity contribution >= 4 is 0 Å². The Kier molecular flexibility index (Phi) is 11.1.